The third-order valence-electron chi connectivity index (χ3n) is 2.06. The third kappa shape index (κ3) is 3.02. The van der Waals surface area contributed by atoms with E-state index >= 15 is 0 Å². The SMILES string of the molecule is CCOC(=O)Cc1c(C(F)F)c(O)c[nH]c1=O. The summed E-state index contributed by atoms with van der Waals surface area (Å²) in [5.74, 6) is -1.55. The minimum absolute atomic E-state index is 0.0829. The van der Waals surface area contributed by atoms with Gasteiger partial charge in [0.05, 0.1) is 18.6 Å². The van der Waals surface area contributed by atoms with Gasteiger partial charge in [-0.25, -0.2) is 8.78 Å². The molecule has 1 heterocycles. The molecule has 0 fully saturated rings. The van der Waals surface area contributed by atoms with E-state index in [-0.39, 0.29) is 6.61 Å². The lowest BCUT2D eigenvalue weighted by atomic mass is 10.1. The second-order valence-corrected chi connectivity index (χ2v) is 3.18. The molecule has 0 spiro atoms. The van der Waals surface area contributed by atoms with Crippen molar-refractivity contribution in [1.82, 2.24) is 4.98 Å². The number of carbonyl (C=O) groups excluding carboxylic acids is 1. The Morgan fingerprint density at radius 1 is 1.59 bits per heavy atom. The quantitative estimate of drug-likeness (QED) is 0.781. The van der Waals surface area contributed by atoms with Crippen LogP contribution in [0.25, 0.3) is 0 Å². The van der Waals surface area contributed by atoms with E-state index in [9.17, 15) is 23.5 Å². The van der Waals surface area contributed by atoms with Gasteiger partial charge >= 0.3 is 5.97 Å². The van der Waals surface area contributed by atoms with Crippen LogP contribution in [-0.4, -0.2) is 22.7 Å². The number of aromatic nitrogens is 1. The van der Waals surface area contributed by atoms with Gasteiger partial charge in [-0.15, -0.1) is 0 Å². The average Bonchev–Trinajstić information content (AvgIpc) is 2.23. The van der Waals surface area contributed by atoms with Crippen molar-refractivity contribution in [1.29, 1.82) is 0 Å². The summed E-state index contributed by atoms with van der Waals surface area (Å²) in [7, 11) is 0. The number of H-pyrrole nitrogens is 1. The summed E-state index contributed by atoms with van der Waals surface area (Å²) < 4.78 is 29.8. The van der Waals surface area contributed by atoms with E-state index in [1.54, 1.807) is 6.92 Å². The lowest BCUT2D eigenvalue weighted by Gasteiger charge is -2.09. The Balaban J connectivity index is 3.17. The molecule has 0 saturated carbocycles. The fourth-order valence-corrected chi connectivity index (χ4v) is 1.35. The molecule has 5 nitrogen and oxygen atoms in total. The van der Waals surface area contributed by atoms with E-state index in [1.807, 2.05) is 0 Å². The van der Waals surface area contributed by atoms with Crippen LogP contribution < -0.4 is 5.56 Å². The zero-order valence-corrected chi connectivity index (χ0v) is 9.00. The van der Waals surface area contributed by atoms with E-state index in [1.165, 1.54) is 0 Å². The predicted octanol–water partition coefficient (Wildman–Crippen LogP) is 1.12. The zero-order chi connectivity index (χ0) is 13.0. The number of hydrogen-bond donors (Lipinski definition) is 2. The lowest BCUT2D eigenvalue weighted by Crippen LogP contribution is -2.20. The molecule has 0 aromatic carbocycles. The van der Waals surface area contributed by atoms with E-state index in [4.69, 9.17) is 0 Å². The maximum Gasteiger partial charge on any atom is 0.310 e. The number of esters is 1. The molecule has 7 heteroatoms. The van der Waals surface area contributed by atoms with Crippen molar-refractivity contribution in [2.24, 2.45) is 0 Å². The highest BCUT2D eigenvalue weighted by atomic mass is 19.3. The summed E-state index contributed by atoms with van der Waals surface area (Å²) in [6.07, 6.45) is -2.88. The van der Waals surface area contributed by atoms with Crippen LogP contribution in [-0.2, 0) is 16.0 Å². The van der Waals surface area contributed by atoms with Crippen LogP contribution in [0.5, 0.6) is 5.75 Å². The second-order valence-electron chi connectivity index (χ2n) is 3.18. The average molecular weight is 247 g/mol. The van der Waals surface area contributed by atoms with Crippen molar-refractivity contribution in [3.63, 3.8) is 0 Å². The molecule has 0 unspecified atom stereocenters. The Kier molecular flexibility index (Phi) is 4.19. The zero-order valence-electron chi connectivity index (χ0n) is 9.00. The van der Waals surface area contributed by atoms with Gasteiger partial charge in [-0.3, -0.25) is 9.59 Å². The highest BCUT2D eigenvalue weighted by molar-refractivity contribution is 5.73. The molecule has 1 aromatic rings. The molecule has 94 valence electrons. The van der Waals surface area contributed by atoms with Crippen LogP contribution in [0.15, 0.2) is 11.0 Å². The van der Waals surface area contributed by atoms with Crippen molar-refractivity contribution in [2.75, 3.05) is 6.61 Å². The van der Waals surface area contributed by atoms with Gasteiger partial charge in [-0.1, -0.05) is 0 Å². The first-order valence-electron chi connectivity index (χ1n) is 4.84. The highest BCUT2D eigenvalue weighted by Crippen LogP contribution is 2.29. The molecule has 0 radical (unpaired) electrons. The Morgan fingerprint density at radius 3 is 2.76 bits per heavy atom. The molecule has 0 atom stereocenters. The third-order valence-corrected chi connectivity index (χ3v) is 2.06. The predicted molar refractivity (Wildman–Crippen MR) is 54.0 cm³/mol. The molecular weight excluding hydrogens is 236 g/mol. The maximum atomic E-state index is 12.6. The molecule has 17 heavy (non-hydrogen) atoms. The van der Waals surface area contributed by atoms with E-state index in [0.717, 1.165) is 6.20 Å². The number of carbonyl (C=O) groups is 1. The number of rotatable bonds is 4. The minimum atomic E-state index is -3.04. The fraction of sp³-hybridized carbons (Fsp3) is 0.400. The first-order valence-corrected chi connectivity index (χ1v) is 4.84. The highest BCUT2D eigenvalue weighted by Gasteiger charge is 2.22. The molecular formula is C10H11F2NO4. The molecule has 1 aromatic heterocycles. The number of pyridine rings is 1. The number of nitrogens with one attached hydrogen (secondary N) is 1. The number of aromatic hydroxyl groups is 1. The van der Waals surface area contributed by atoms with Crippen LogP contribution in [0.1, 0.15) is 24.5 Å². The number of halogens is 2. The normalized spacial score (nSPS) is 10.6. The Bertz CT molecular complexity index is 470. The Hall–Kier alpha value is -1.92. The smallest absolute Gasteiger partial charge is 0.310 e. The molecule has 2 N–H and O–H groups in total. The maximum absolute atomic E-state index is 12.6. The van der Waals surface area contributed by atoms with Crippen molar-refractivity contribution >= 4 is 5.97 Å². The Labute approximate surface area is 95.0 Å². The van der Waals surface area contributed by atoms with E-state index in [2.05, 4.69) is 9.72 Å². The van der Waals surface area contributed by atoms with E-state index < -0.39 is 41.3 Å². The van der Waals surface area contributed by atoms with Gasteiger partial charge in [0.25, 0.3) is 12.0 Å². The van der Waals surface area contributed by atoms with Crippen LogP contribution in [0.4, 0.5) is 8.78 Å². The van der Waals surface area contributed by atoms with Crippen molar-refractivity contribution in [2.45, 2.75) is 19.8 Å². The van der Waals surface area contributed by atoms with E-state index in [0.29, 0.717) is 0 Å². The summed E-state index contributed by atoms with van der Waals surface area (Å²) in [6.45, 7) is 1.64. The first kappa shape index (κ1) is 13.1. The molecule has 0 saturated heterocycles. The first-order chi connectivity index (χ1) is 7.97. The van der Waals surface area contributed by atoms with Crippen molar-refractivity contribution in [3.05, 3.63) is 27.7 Å². The van der Waals surface area contributed by atoms with Crippen LogP contribution in [0.2, 0.25) is 0 Å². The second kappa shape index (κ2) is 5.42. The Morgan fingerprint density at radius 2 is 2.24 bits per heavy atom. The number of alkyl halides is 2. The van der Waals surface area contributed by atoms with Crippen molar-refractivity contribution in [3.8, 4) is 5.75 Å². The molecule has 0 aliphatic carbocycles. The van der Waals surface area contributed by atoms with Crippen LogP contribution >= 0.6 is 0 Å². The van der Waals surface area contributed by atoms with Gasteiger partial charge in [0.2, 0.25) is 0 Å². The summed E-state index contributed by atoms with van der Waals surface area (Å²) in [5, 5.41) is 9.23. The topological polar surface area (TPSA) is 79.4 Å². The summed E-state index contributed by atoms with van der Waals surface area (Å²) in [6, 6.07) is 0. The molecule has 0 aliphatic rings. The van der Waals surface area contributed by atoms with Gasteiger partial charge in [-0.05, 0) is 6.92 Å². The summed E-state index contributed by atoms with van der Waals surface area (Å²) in [5.41, 5.74) is -2.15. The van der Waals surface area contributed by atoms with Gasteiger partial charge < -0.3 is 14.8 Å². The molecule has 0 bridgehead atoms. The van der Waals surface area contributed by atoms with Crippen LogP contribution in [0.3, 0.4) is 0 Å². The minimum Gasteiger partial charge on any atom is -0.506 e. The number of aromatic amines is 1. The van der Waals surface area contributed by atoms with Gasteiger partial charge in [0, 0.05) is 11.8 Å². The van der Waals surface area contributed by atoms with Crippen LogP contribution in [0, 0.1) is 0 Å². The molecule has 0 aliphatic heterocycles. The lowest BCUT2D eigenvalue weighted by molar-refractivity contribution is -0.142. The largest absolute Gasteiger partial charge is 0.506 e. The number of ether oxygens (including phenoxy) is 1. The van der Waals surface area contributed by atoms with Gasteiger partial charge in [0.1, 0.15) is 5.75 Å². The van der Waals surface area contributed by atoms with Gasteiger partial charge in [0.15, 0.2) is 0 Å². The standard InChI is InChI=1S/C10H11F2NO4/c1-2-17-7(15)3-5-8(9(11)12)6(14)4-13-10(5)16/h4,9,14H,2-3H2,1H3,(H,13,16). The van der Waals surface area contributed by atoms with Gasteiger partial charge in [-0.2, -0.15) is 0 Å². The number of hydrogen-bond acceptors (Lipinski definition) is 4. The summed E-state index contributed by atoms with van der Waals surface area (Å²) >= 11 is 0. The van der Waals surface area contributed by atoms with Crippen molar-refractivity contribution < 1.29 is 23.4 Å². The fourth-order valence-electron chi connectivity index (χ4n) is 1.35. The molecule has 0 amide bonds. The monoisotopic (exact) mass is 247 g/mol. The molecule has 1 rings (SSSR count). The summed E-state index contributed by atoms with van der Waals surface area (Å²) in [4.78, 5) is 24.5.